The normalized spacial score (nSPS) is 30.7. The van der Waals surface area contributed by atoms with Crippen LogP contribution < -0.4 is 0 Å². The molecule has 3 nitrogen and oxygen atoms in total. The van der Waals surface area contributed by atoms with E-state index in [4.69, 9.17) is 0 Å². The third-order valence-corrected chi connectivity index (χ3v) is 2.83. The molecule has 3 heteroatoms. The SMILES string of the molecule is CC1C(C(=O)N(C)C)CCN1C. The van der Waals surface area contributed by atoms with Crippen LogP contribution in [0.4, 0.5) is 0 Å². The van der Waals surface area contributed by atoms with Crippen molar-refractivity contribution < 1.29 is 4.79 Å². The first-order valence-electron chi connectivity index (χ1n) is 4.45. The summed E-state index contributed by atoms with van der Waals surface area (Å²) in [6.45, 7) is 3.17. The fourth-order valence-corrected chi connectivity index (χ4v) is 1.76. The zero-order valence-corrected chi connectivity index (χ0v) is 8.37. The van der Waals surface area contributed by atoms with E-state index in [1.807, 2.05) is 14.1 Å². The van der Waals surface area contributed by atoms with E-state index < -0.39 is 0 Å². The Kier molecular flexibility index (Phi) is 2.73. The number of hydrogen-bond donors (Lipinski definition) is 0. The highest BCUT2D eigenvalue weighted by Crippen LogP contribution is 2.23. The summed E-state index contributed by atoms with van der Waals surface area (Å²) in [7, 11) is 5.73. The van der Waals surface area contributed by atoms with Crippen molar-refractivity contribution in [3.05, 3.63) is 0 Å². The topological polar surface area (TPSA) is 23.6 Å². The van der Waals surface area contributed by atoms with E-state index in [1.54, 1.807) is 4.90 Å². The maximum Gasteiger partial charge on any atom is 0.226 e. The van der Waals surface area contributed by atoms with Gasteiger partial charge in [0.05, 0.1) is 5.92 Å². The van der Waals surface area contributed by atoms with E-state index >= 15 is 0 Å². The summed E-state index contributed by atoms with van der Waals surface area (Å²) in [6, 6.07) is 0.403. The third kappa shape index (κ3) is 1.61. The molecule has 1 rings (SSSR count). The Bertz CT molecular complexity index is 179. The summed E-state index contributed by atoms with van der Waals surface area (Å²) >= 11 is 0. The molecule has 2 atom stereocenters. The minimum Gasteiger partial charge on any atom is -0.349 e. The minimum absolute atomic E-state index is 0.213. The van der Waals surface area contributed by atoms with Crippen molar-refractivity contribution in [3.8, 4) is 0 Å². The molecule has 0 aliphatic carbocycles. The van der Waals surface area contributed by atoms with Crippen LogP contribution in [0.25, 0.3) is 0 Å². The van der Waals surface area contributed by atoms with Crippen LogP contribution in [0.15, 0.2) is 0 Å². The van der Waals surface area contributed by atoms with Gasteiger partial charge in [0.1, 0.15) is 0 Å². The predicted octanol–water partition coefficient (Wildman–Crippen LogP) is 0.415. The molecule has 12 heavy (non-hydrogen) atoms. The van der Waals surface area contributed by atoms with Gasteiger partial charge >= 0.3 is 0 Å². The fourth-order valence-electron chi connectivity index (χ4n) is 1.76. The van der Waals surface area contributed by atoms with Crippen molar-refractivity contribution >= 4 is 5.91 Å². The number of hydrogen-bond acceptors (Lipinski definition) is 2. The van der Waals surface area contributed by atoms with Crippen LogP contribution in [0.2, 0.25) is 0 Å². The van der Waals surface area contributed by atoms with Gasteiger partial charge in [-0.15, -0.1) is 0 Å². The highest BCUT2D eigenvalue weighted by molar-refractivity contribution is 5.79. The van der Waals surface area contributed by atoms with Gasteiger partial charge in [-0.2, -0.15) is 0 Å². The van der Waals surface area contributed by atoms with Crippen molar-refractivity contribution in [2.75, 3.05) is 27.7 Å². The summed E-state index contributed by atoms with van der Waals surface area (Å²) in [6.07, 6.45) is 1.01. The zero-order chi connectivity index (χ0) is 9.30. The first-order chi connectivity index (χ1) is 5.54. The van der Waals surface area contributed by atoms with Crippen LogP contribution in [0.5, 0.6) is 0 Å². The van der Waals surface area contributed by atoms with Crippen molar-refractivity contribution in [2.45, 2.75) is 19.4 Å². The highest BCUT2D eigenvalue weighted by atomic mass is 16.2. The van der Waals surface area contributed by atoms with Gasteiger partial charge in [-0.05, 0) is 26.9 Å². The van der Waals surface area contributed by atoms with E-state index in [9.17, 15) is 4.79 Å². The smallest absolute Gasteiger partial charge is 0.226 e. The number of amides is 1. The van der Waals surface area contributed by atoms with Gasteiger partial charge in [0.15, 0.2) is 0 Å². The first-order valence-corrected chi connectivity index (χ1v) is 4.45. The average Bonchev–Trinajstić information content (AvgIpc) is 2.32. The molecule has 1 aliphatic rings. The summed E-state index contributed by atoms with van der Waals surface area (Å²) < 4.78 is 0. The second-order valence-electron chi connectivity index (χ2n) is 3.85. The van der Waals surface area contributed by atoms with Crippen LogP contribution in [0.3, 0.4) is 0 Å². The first kappa shape index (κ1) is 9.52. The molecule has 2 unspecified atom stereocenters. The van der Waals surface area contributed by atoms with E-state index in [2.05, 4.69) is 18.9 Å². The van der Waals surface area contributed by atoms with Crippen molar-refractivity contribution in [2.24, 2.45) is 5.92 Å². The van der Waals surface area contributed by atoms with E-state index in [1.165, 1.54) is 0 Å². The molecule has 0 spiro atoms. The van der Waals surface area contributed by atoms with Crippen LogP contribution in [0, 0.1) is 5.92 Å². The van der Waals surface area contributed by atoms with Gasteiger partial charge < -0.3 is 9.80 Å². The number of rotatable bonds is 1. The molecule has 0 saturated carbocycles. The lowest BCUT2D eigenvalue weighted by atomic mass is 10.0. The number of carbonyl (C=O) groups is 1. The lowest BCUT2D eigenvalue weighted by Crippen LogP contribution is -2.36. The number of likely N-dealkylation sites (tertiary alicyclic amines) is 1. The quantitative estimate of drug-likeness (QED) is 0.569. The largest absolute Gasteiger partial charge is 0.349 e. The minimum atomic E-state index is 0.213. The van der Waals surface area contributed by atoms with E-state index in [0.717, 1.165) is 13.0 Å². The second-order valence-corrected chi connectivity index (χ2v) is 3.85. The Hall–Kier alpha value is -0.570. The third-order valence-electron chi connectivity index (χ3n) is 2.83. The van der Waals surface area contributed by atoms with Gasteiger partial charge in [-0.1, -0.05) is 0 Å². The summed E-state index contributed by atoms with van der Waals surface area (Å²) in [5, 5.41) is 0. The maximum atomic E-state index is 11.6. The standard InChI is InChI=1S/C9H18N2O/c1-7-8(5-6-11(7)4)9(12)10(2)3/h7-8H,5-6H2,1-4H3. The Balaban J connectivity index is 2.59. The molecule has 1 saturated heterocycles. The second kappa shape index (κ2) is 3.44. The molecule has 0 aromatic rings. The Morgan fingerprint density at radius 2 is 2.08 bits per heavy atom. The van der Waals surface area contributed by atoms with Gasteiger partial charge in [-0.25, -0.2) is 0 Å². The molecule has 0 bridgehead atoms. The predicted molar refractivity (Wildman–Crippen MR) is 48.9 cm³/mol. The number of carbonyl (C=O) groups excluding carboxylic acids is 1. The van der Waals surface area contributed by atoms with Crippen LogP contribution in [-0.4, -0.2) is 49.4 Å². The summed E-state index contributed by atoms with van der Waals surface area (Å²) in [4.78, 5) is 15.5. The lowest BCUT2D eigenvalue weighted by molar-refractivity contribution is -0.133. The van der Waals surface area contributed by atoms with Gasteiger partial charge in [-0.3, -0.25) is 4.79 Å². The highest BCUT2D eigenvalue weighted by Gasteiger charge is 2.33. The molecule has 1 heterocycles. The molecular formula is C9H18N2O. The van der Waals surface area contributed by atoms with E-state index in [-0.39, 0.29) is 11.8 Å². The monoisotopic (exact) mass is 170 g/mol. The molecule has 0 N–H and O–H groups in total. The lowest BCUT2D eigenvalue weighted by Gasteiger charge is -2.22. The number of nitrogens with zero attached hydrogens (tertiary/aromatic N) is 2. The van der Waals surface area contributed by atoms with Gasteiger partial charge in [0, 0.05) is 20.1 Å². The Morgan fingerprint density at radius 1 is 1.50 bits per heavy atom. The maximum absolute atomic E-state index is 11.6. The van der Waals surface area contributed by atoms with Gasteiger partial charge in [0.25, 0.3) is 0 Å². The molecule has 1 aliphatic heterocycles. The Labute approximate surface area is 74.3 Å². The van der Waals surface area contributed by atoms with Crippen molar-refractivity contribution in [3.63, 3.8) is 0 Å². The van der Waals surface area contributed by atoms with Crippen LogP contribution in [-0.2, 0) is 4.79 Å². The molecule has 1 fully saturated rings. The summed E-state index contributed by atoms with van der Waals surface area (Å²) in [5.41, 5.74) is 0. The molecular weight excluding hydrogens is 152 g/mol. The van der Waals surface area contributed by atoms with E-state index in [0.29, 0.717) is 6.04 Å². The van der Waals surface area contributed by atoms with Gasteiger partial charge in [0.2, 0.25) is 5.91 Å². The van der Waals surface area contributed by atoms with Crippen LogP contribution in [0.1, 0.15) is 13.3 Å². The van der Waals surface area contributed by atoms with Crippen molar-refractivity contribution in [1.29, 1.82) is 0 Å². The fraction of sp³-hybridized carbons (Fsp3) is 0.889. The molecule has 0 radical (unpaired) electrons. The van der Waals surface area contributed by atoms with Crippen molar-refractivity contribution in [1.82, 2.24) is 9.80 Å². The molecule has 70 valence electrons. The molecule has 1 amide bonds. The summed E-state index contributed by atoms with van der Waals surface area (Å²) in [5.74, 6) is 0.483. The molecule has 0 aromatic carbocycles. The zero-order valence-electron chi connectivity index (χ0n) is 8.37. The Morgan fingerprint density at radius 3 is 2.42 bits per heavy atom. The van der Waals surface area contributed by atoms with Crippen LogP contribution >= 0.6 is 0 Å². The average molecular weight is 170 g/mol. The molecule has 0 aromatic heterocycles.